The number of nitrogens with one attached hydrogen (secondary N) is 2. The van der Waals surface area contributed by atoms with Gasteiger partial charge in [-0.1, -0.05) is 34.6 Å². The van der Waals surface area contributed by atoms with Crippen LogP contribution in [-0.4, -0.2) is 69.7 Å². The van der Waals surface area contributed by atoms with Gasteiger partial charge in [-0.2, -0.15) is 0 Å². The molecular weight excluding hydrogens is 434 g/mol. The Morgan fingerprint density at radius 2 is 1.82 bits per heavy atom. The molecule has 0 aromatic rings. The van der Waals surface area contributed by atoms with E-state index in [9.17, 15) is 19.5 Å². The van der Waals surface area contributed by atoms with E-state index in [4.69, 9.17) is 4.74 Å². The zero-order chi connectivity index (χ0) is 25.7. The van der Waals surface area contributed by atoms with Crippen molar-refractivity contribution in [2.24, 2.45) is 17.3 Å². The Balaban J connectivity index is 2.03. The predicted octanol–water partition coefficient (Wildman–Crippen LogP) is 2.38. The number of carbonyl (C=O) groups is 3. The van der Waals surface area contributed by atoms with Crippen molar-refractivity contribution in [3.05, 3.63) is 0 Å². The second-order valence-electron chi connectivity index (χ2n) is 12.5. The Morgan fingerprint density at radius 1 is 1.18 bits per heavy atom. The van der Waals surface area contributed by atoms with E-state index in [1.807, 2.05) is 27.7 Å². The second kappa shape index (κ2) is 9.08. The van der Waals surface area contributed by atoms with Crippen LogP contribution in [0.2, 0.25) is 0 Å². The maximum atomic E-state index is 13.9. The van der Waals surface area contributed by atoms with Crippen LogP contribution < -0.4 is 10.6 Å². The molecule has 8 heteroatoms. The summed E-state index contributed by atoms with van der Waals surface area (Å²) in [6.45, 7) is 16.3. The topological polar surface area (TPSA) is 108 Å². The highest BCUT2D eigenvalue weighted by Gasteiger charge is 2.79. The maximum absolute atomic E-state index is 13.9. The van der Waals surface area contributed by atoms with Crippen LogP contribution >= 0.6 is 0 Å². The van der Waals surface area contributed by atoms with Crippen molar-refractivity contribution in [3.8, 4) is 0 Å². The molecule has 194 valence electrons. The summed E-state index contributed by atoms with van der Waals surface area (Å²) in [7, 11) is 0. The number of nitrogens with zero attached hydrogens (tertiary/aromatic N) is 1. The minimum Gasteiger partial charge on any atom is -0.394 e. The SMILES string of the molecule is CCCNC(=O)[C@H]1[C@H]2C(=O)N([C@H](C)CO)C(C(=O)NC(C)(C)CC(C)(C)C)C23CC[C@]1(CC)O3. The van der Waals surface area contributed by atoms with Gasteiger partial charge in [0.1, 0.15) is 11.6 Å². The Kier molecular flexibility index (Phi) is 7.19. The van der Waals surface area contributed by atoms with Gasteiger partial charge in [0, 0.05) is 12.1 Å². The van der Waals surface area contributed by atoms with Gasteiger partial charge in [0.05, 0.1) is 30.1 Å². The summed E-state index contributed by atoms with van der Waals surface area (Å²) in [6.07, 6.45) is 3.32. The van der Waals surface area contributed by atoms with Gasteiger partial charge in [-0.3, -0.25) is 14.4 Å². The molecule has 3 aliphatic rings. The van der Waals surface area contributed by atoms with E-state index in [0.717, 1.165) is 12.8 Å². The Hall–Kier alpha value is -1.67. The molecule has 3 amide bonds. The van der Waals surface area contributed by atoms with Crippen molar-refractivity contribution in [2.75, 3.05) is 13.2 Å². The molecule has 3 saturated heterocycles. The number of fused-ring (bicyclic) bond motifs is 1. The first-order valence-electron chi connectivity index (χ1n) is 12.9. The average Bonchev–Trinajstić information content (AvgIpc) is 3.32. The number of likely N-dealkylation sites (tertiary alicyclic amines) is 1. The second-order valence-corrected chi connectivity index (χ2v) is 12.5. The zero-order valence-corrected chi connectivity index (χ0v) is 22.3. The molecule has 34 heavy (non-hydrogen) atoms. The highest BCUT2D eigenvalue weighted by atomic mass is 16.5. The Labute approximate surface area is 204 Å². The molecular formula is C26H45N3O5. The highest BCUT2D eigenvalue weighted by molar-refractivity contribution is 5.99. The van der Waals surface area contributed by atoms with Crippen molar-refractivity contribution in [2.45, 2.75) is 116 Å². The van der Waals surface area contributed by atoms with E-state index in [-0.39, 0.29) is 29.7 Å². The number of hydrogen-bond acceptors (Lipinski definition) is 5. The molecule has 0 saturated carbocycles. The highest BCUT2D eigenvalue weighted by Crippen LogP contribution is 2.64. The third kappa shape index (κ3) is 4.36. The van der Waals surface area contributed by atoms with Gasteiger partial charge in [0.2, 0.25) is 17.7 Å². The van der Waals surface area contributed by atoms with Crippen LogP contribution in [0.3, 0.4) is 0 Å². The first-order chi connectivity index (χ1) is 15.7. The third-order valence-electron chi connectivity index (χ3n) is 7.87. The number of aliphatic hydroxyl groups excluding tert-OH is 1. The van der Waals surface area contributed by atoms with Crippen LogP contribution in [0.5, 0.6) is 0 Å². The van der Waals surface area contributed by atoms with Gasteiger partial charge < -0.3 is 25.4 Å². The summed E-state index contributed by atoms with van der Waals surface area (Å²) in [5, 5.41) is 16.1. The lowest BCUT2D eigenvalue weighted by atomic mass is 9.65. The van der Waals surface area contributed by atoms with Crippen LogP contribution in [-0.2, 0) is 19.1 Å². The lowest BCUT2D eigenvalue weighted by molar-refractivity contribution is -0.151. The molecule has 0 radical (unpaired) electrons. The number of aliphatic hydroxyl groups is 1. The molecule has 6 atom stereocenters. The standard InChI is InChI=1S/C26H45N3O5/c1-9-13-27-20(31)17-18-22(33)29(16(3)14-30)19(26(18)12-11-25(17,10-2)34-26)21(32)28-24(7,8)15-23(4,5)6/h16-19,30H,9-15H2,1-8H3,(H,27,31)(H,28,32)/t16-,17-,18+,19?,25+,26?/m1/s1. The molecule has 1 spiro atoms. The number of hydrogen-bond donors (Lipinski definition) is 3. The average molecular weight is 480 g/mol. The van der Waals surface area contributed by atoms with Crippen molar-refractivity contribution in [1.82, 2.24) is 15.5 Å². The quantitative estimate of drug-likeness (QED) is 0.471. The first kappa shape index (κ1) is 26.9. The Bertz CT molecular complexity index is 822. The summed E-state index contributed by atoms with van der Waals surface area (Å²) in [5.74, 6) is -2.07. The predicted molar refractivity (Wildman–Crippen MR) is 130 cm³/mol. The Morgan fingerprint density at radius 3 is 2.35 bits per heavy atom. The first-order valence-corrected chi connectivity index (χ1v) is 12.9. The van der Waals surface area contributed by atoms with Crippen LogP contribution in [0.15, 0.2) is 0 Å². The van der Waals surface area contributed by atoms with Gasteiger partial charge in [0.25, 0.3) is 0 Å². The molecule has 3 fully saturated rings. The van der Waals surface area contributed by atoms with Crippen LogP contribution in [0.4, 0.5) is 0 Å². The molecule has 8 nitrogen and oxygen atoms in total. The summed E-state index contributed by atoms with van der Waals surface area (Å²) in [6, 6.07) is -1.45. The monoisotopic (exact) mass is 479 g/mol. The molecule has 3 rings (SSSR count). The fourth-order valence-electron chi connectivity index (χ4n) is 7.05. The van der Waals surface area contributed by atoms with E-state index in [0.29, 0.717) is 25.8 Å². The van der Waals surface area contributed by atoms with Crippen molar-refractivity contribution < 1.29 is 24.2 Å². The minimum absolute atomic E-state index is 0.00177. The van der Waals surface area contributed by atoms with Crippen LogP contribution in [0.1, 0.15) is 87.5 Å². The minimum atomic E-state index is -1.06. The number of amides is 3. The lowest BCUT2D eigenvalue weighted by Gasteiger charge is -2.39. The van der Waals surface area contributed by atoms with E-state index in [1.165, 1.54) is 4.90 Å². The van der Waals surface area contributed by atoms with E-state index in [2.05, 4.69) is 31.4 Å². The van der Waals surface area contributed by atoms with Crippen LogP contribution in [0.25, 0.3) is 0 Å². The number of carbonyl (C=O) groups excluding carboxylic acids is 3. The fourth-order valence-corrected chi connectivity index (χ4v) is 7.05. The van der Waals surface area contributed by atoms with Crippen molar-refractivity contribution >= 4 is 17.7 Å². The van der Waals surface area contributed by atoms with Gasteiger partial charge in [-0.05, 0) is 58.3 Å². The number of ether oxygens (including phenoxy) is 1. The summed E-state index contributed by atoms with van der Waals surface area (Å²) < 4.78 is 6.71. The van der Waals surface area contributed by atoms with Crippen molar-refractivity contribution in [3.63, 3.8) is 0 Å². The van der Waals surface area contributed by atoms with Gasteiger partial charge in [-0.25, -0.2) is 0 Å². The van der Waals surface area contributed by atoms with E-state index in [1.54, 1.807) is 6.92 Å². The molecule has 0 aromatic heterocycles. The van der Waals surface area contributed by atoms with Crippen LogP contribution in [0, 0.1) is 17.3 Å². The van der Waals surface area contributed by atoms with Gasteiger partial charge in [-0.15, -0.1) is 0 Å². The van der Waals surface area contributed by atoms with E-state index < -0.39 is 40.7 Å². The van der Waals surface area contributed by atoms with E-state index >= 15 is 0 Å². The summed E-state index contributed by atoms with van der Waals surface area (Å²) in [4.78, 5) is 42.7. The smallest absolute Gasteiger partial charge is 0.246 e. The third-order valence-corrected chi connectivity index (χ3v) is 7.87. The van der Waals surface area contributed by atoms with Crippen molar-refractivity contribution in [1.29, 1.82) is 0 Å². The van der Waals surface area contributed by atoms with Gasteiger partial charge >= 0.3 is 0 Å². The zero-order valence-electron chi connectivity index (χ0n) is 22.3. The lowest BCUT2D eigenvalue weighted by Crippen LogP contribution is -2.61. The largest absolute Gasteiger partial charge is 0.394 e. The molecule has 0 aliphatic carbocycles. The molecule has 3 heterocycles. The van der Waals surface area contributed by atoms with Gasteiger partial charge in [0.15, 0.2) is 0 Å². The fraction of sp³-hybridized carbons (Fsp3) is 0.885. The molecule has 2 bridgehead atoms. The summed E-state index contributed by atoms with van der Waals surface area (Å²) >= 11 is 0. The molecule has 3 aliphatic heterocycles. The molecule has 0 aromatic carbocycles. The summed E-state index contributed by atoms with van der Waals surface area (Å²) in [5.41, 5.74) is -2.31. The molecule has 2 unspecified atom stereocenters. The number of rotatable bonds is 9. The normalized spacial score (nSPS) is 33.7. The molecule has 3 N–H and O–H groups in total. The maximum Gasteiger partial charge on any atom is 0.246 e.